The Kier molecular flexibility index (Phi) is 7.58. The molecule has 6 nitrogen and oxygen atoms in total. The number of thioether (sulfide) groups is 1. The number of rotatable bonds is 5. The number of nitrogens with two attached hydrogens (primary N) is 1. The molecule has 0 unspecified atom stereocenters. The molecular weight excluding hydrogens is 462 g/mol. The number of esters is 1. The molecule has 0 amide bonds. The van der Waals surface area contributed by atoms with Gasteiger partial charge in [-0.3, -0.25) is 9.59 Å². The molecule has 0 heterocycles. The van der Waals surface area contributed by atoms with Gasteiger partial charge in [-0.2, -0.15) is 0 Å². The fraction of sp³-hybridized carbons (Fsp3) is 0.857. The molecule has 0 saturated heterocycles. The van der Waals surface area contributed by atoms with Gasteiger partial charge in [0.2, 0.25) is 0 Å². The third-order valence-electron chi connectivity index (χ3n) is 10.8. The summed E-state index contributed by atoms with van der Waals surface area (Å²) >= 11 is 1.42. The summed E-state index contributed by atoms with van der Waals surface area (Å²) in [5, 5.41) is 22.0. The molecule has 0 radical (unpaired) electrons. The summed E-state index contributed by atoms with van der Waals surface area (Å²) in [5.41, 5.74) is 4.62. The van der Waals surface area contributed by atoms with Crippen LogP contribution in [0, 0.1) is 34.0 Å². The van der Waals surface area contributed by atoms with E-state index < -0.39 is 29.1 Å². The van der Waals surface area contributed by atoms with E-state index >= 15 is 0 Å². The molecule has 0 aliphatic heterocycles. The van der Waals surface area contributed by atoms with Gasteiger partial charge in [-0.1, -0.05) is 40.2 Å². The van der Waals surface area contributed by atoms with Crippen LogP contribution in [-0.2, 0) is 14.3 Å². The van der Waals surface area contributed by atoms with Gasteiger partial charge in [-0.15, -0.1) is 18.3 Å². The molecule has 7 heteroatoms. The zero-order valence-corrected chi connectivity index (χ0v) is 22.7. The summed E-state index contributed by atoms with van der Waals surface area (Å²) in [6.45, 7) is 12.5. The quantitative estimate of drug-likeness (QED) is 0.383. The van der Waals surface area contributed by atoms with Gasteiger partial charge in [-0.05, 0) is 55.8 Å². The summed E-state index contributed by atoms with van der Waals surface area (Å²) in [4.78, 5) is 26.7. The number of ketones is 1. The molecule has 4 aliphatic rings. The second-order valence-electron chi connectivity index (χ2n) is 12.5. The second kappa shape index (κ2) is 9.77. The van der Waals surface area contributed by atoms with E-state index in [4.69, 9.17) is 10.5 Å². The Morgan fingerprint density at radius 3 is 2.63 bits per heavy atom. The molecule has 2 bridgehead atoms. The van der Waals surface area contributed by atoms with E-state index in [1.807, 2.05) is 13.0 Å². The Balaban J connectivity index is 1.63. The van der Waals surface area contributed by atoms with Gasteiger partial charge < -0.3 is 20.7 Å². The summed E-state index contributed by atoms with van der Waals surface area (Å²) in [7, 11) is 0. The summed E-state index contributed by atoms with van der Waals surface area (Å²) in [6.07, 6.45) is 6.27. The van der Waals surface area contributed by atoms with E-state index in [-0.39, 0.29) is 52.0 Å². The first kappa shape index (κ1) is 27.2. The summed E-state index contributed by atoms with van der Waals surface area (Å²) in [5.74, 6) is 0.0243. The van der Waals surface area contributed by atoms with E-state index in [2.05, 4.69) is 27.4 Å². The zero-order valence-electron chi connectivity index (χ0n) is 21.9. The molecule has 4 fully saturated rings. The molecule has 4 N–H and O–H groups in total. The van der Waals surface area contributed by atoms with E-state index in [0.717, 1.165) is 38.5 Å². The number of hydrogen-bond donors (Lipinski definition) is 3. The third kappa shape index (κ3) is 4.32. The molecule has 0 aromatic heterocycles. The van der Waals surface area contributed by atoms with Crippen LogP contribution in [0.3, 0.4) is 0 Å². The first-order chi connectivity index (χ1) is 16.4. The molecular formula is C28H45NO5S. The van der Waals surface area contributed by atoms with Crippen molar-refractivity contribution in [1.82, 2.24) is 0 Å². The monoisotopic (exact) mass is 507 g/mol. The van der Waals surface area contributed by atoms with E-state index in [0.29, 0.717) is 12.8 Å². The molecule has 11 atom stereocenters. The highest BCUT2D eigenvalue weighted by Crippen LogP contribution is 2.68. The molecule has 0 aromatic rings. The lowest BCUT2D eigenvalue weighted by Crippen LogP contribution is -2.63. The lowest BCUT2D eigenvalue weighted by molar-refractivity contribution is -0.205. The summed E-state index contributed by atoms with van der Waals surface area (Å²) in [6, 6.07) is -0.247. The maximum atomic E-state index is 13.5. The van der Waals surface area contributed by atoms with Crippen LogP contribution in [0.5, 0.6) is 0 Å². The predicted molar refractivity (Wildman–Crippen MR) is 139 cm³/mol. The molecule has 198 valence electrons. The minimum absolute atomic E-state index is 0.0435. The fourth-order valence-corrected chi connectivity index (χ4v) is 9.37. The Morgan fingerprint density at radius 2 is 1.94 bits per heavy atom. The standard InChI is InChI=1S/C28H45NO5S/c1-6-26(4)14-21(34-22(31)15-35-20-9-7-8-18(29)23(20)32)27(5)16(2)10-12-28(17(3)25(26)33)13-11-19(30)24(27)28/h6,16-18,20-21,23-25,32-33H,1,7-15,29H2,2-5H3/t16-,17+,18+,20+,21-,23+,24+,25+,26-,27+,28+/m1/s1. The minimum atomic E-state index is -0.666. The Hall–Kier alpha value is -0.890. The first-order valence-corrected chi connectivity index (χ1v) is 14.5. The number of ether oxygens (including phenoxy) is 1. The van der Waals surface area contributed by atoms with Crippen LogP contribution in [0.2, 0.25) is 0 Å². The topological polar surface area (TPSA) is 110 Å². The highest BCUT2D eigenvalue weighted by atomic mass is 32.2. The molecule has 4 aliphatic carbocycles. The lowest BCUT2D eigenvalue weighted by atomic mass is 9.44. The lowest BCUT2D eigenvalue weighted by Gasteiger charge is -2.61. The molecule has 4 saturated carbocycles. The highest BCUT2D eigenvalue weighted by Gasteiger charge is 2.68. The summed E-state index contributed by atoms with van der Waals surface area (Å²) < 4.78 is 6.29. The van der Waals surface area contributed by atoms with Crippen molar-refractivity contribution in [2.75, 3.05) is 5.75 Å². The van der Waals surface area contributed by atoms with Crippen molar-refractivity contribution in [3.63, 3.8) is 0 Å². The average Bonchev–Trinajstić information content (AvgIpc) is 3.18. The van der Waals surface area contributed by atoms with Crippen molar-refractivity contribution in [2.45, 2.75) is 109 Å². The highest BCUT2D eigenvalue weighted by molar-refractivity contribution is 8.00. The van der Waals surface area contributed by atoms with Crippen LogP contribution in [-0.4, -0.2) is 57.3 Å². The number of aliphatic hydroxyl groups is 2. The normalized spacial score (nSPS) is 50.1. The van der Waals surface area contributed by atoms with Gasteiger partial charge >= 0.3 is 5.97 Å². The first-order valence-electron chi connectivity index (χ1n) is 13.5. The third-order valence-corrected chi connectivity index (χ3v) is 12.2. The second-order valence-corrected chi connectivity index (χ2v) is 13.7. The van der Waals surface area contributed by atoms with Crippen LogP contribution < -0.4 is 5.73 Å². The van der Waals surface area contributed by atoms with Crippen molar-refractivity contribution in [2.24, 2.45) is 39.7 Å². The van der Waals surface area contributed by atoms with Gasteiger partial charge in [0.25, 0.3) is 0 Å². The molecule has 35 heavy (non-hydrogen) atoms. The van der Waals surface area contributed by atoms with Gasteiger partial charge in [0.05, 0.1) is 18.0 Å². The van der Waals surface area contributed by atoms with Gasteiger partial charge in [-0.25, -0.2) is 0 Å². The molecule has 0 spiro atoms. The van der Waals surface area contributed by atoms with Crippen molar-refractivity contribution in [3.8, 4) is 0 Å². The number of carbonyl (C=O) groups is 2. The van der Waals surface area contributed by atoms with Gasteiger partial charge in [0.15, 0.2) is 0 Å². The molecule has 4 rings (SSSR count). The SMILES string of the molecule is C=C[C@]1(C)C[C@@H](OC(=O)CS[C@H]2CCC[C@H](N)[C@@H]2O)[C@]2(C)[C@H](C)CC[C@]3(CCC(=O)[C@H]32)[C@@H](C)[C@@H]1O. The van der Waals surface area contributed by atoms with Crippen LogP contribution in [0.25, 0.3) is 0 Å². The van der Waals surface area contributed by atoms with Crippen molar-refractivity contribution >= 4 is 23.5 Å². The largest absolute Gasteiger partial charge is 0.461 e. The maximum absolute atomic E-state index is 13.5. The van der Waals surface area contributed by atoms with Gasteiger partial charge in [0.1, 0.15) is 11.9 Å². The average molecular weight is 508 g/mol. The number of aliphatic hydroxyl groups excluding tert-OH is 2. The Labute approximate surface area is 214 Å². The van der Waals surface area contributed by atoms with Crippen LogP contribution >= 0.6 is 11.8 Å². The van der Waals surface area contributed by atoms with E-state index in [1.165, 1.54) is 11.8 Å². The number of carbonyl (C=O) groups excluding carboxylic acids is 2. The molecule has 0 aromatic carbocycles. The van der Waals surface area contributed by atoms with Crippen LogP contribution in [0.15, 0.2) is 12.7 Å². The smallest absolute Gasteiger partial charge is 0.316 e. The van der Waals surface area contributed by atoms with Crippen LogP contribution in [0.4, 0.5) is 0 Å². The van der Waals surface area contributed by atoms with Crippen molar-refractivity contribution < 1.29 is 24.5 Å². The number of Topliss-reactive ketones (excluding diaryl/α,β-unsaturated/α-hetero) is 1. The predicted octanol–water partition coefficient (Wildman–Crippen LogP) is 3.87. The minimum Gasteiger partial charge on any atom is -0.461 e. The Morgan fingerprint density at radius 1 is 1.23 bits per heavy atom. The van der Waals surface area contributed by atoms with E-state index in [1.54, 1.807) is 0 Å². The zero-order chi connectivity index (χ0) is 25.8. The Bertz CT molecular complexity index is 851. The van der Waals surface area contributed by atoms with Crippen molar-refractivity contribution in [1.29, 1.82) is 0 Å². The number of hydrogen-bond acceptors (Lipinski definition) is 7. The van der Waals surface area contributed by atoms with Crippen LogP contribution in [0.1, 0.15) is 79.1 Å². The van der Waals surface area contributed by atoms with Gasteiger partial charge in [0, 0.05) is 34.5 Å². The fourth-order valence-electron chi connectivity index (χ4n) is 8.22. The van der Waals surface area contributed by atoms with E-state index in [9.17, 15) is 19.8 Å². The maximum Gasteiger partial charge on any atom is 0.316 e. The van der Waals surface area contributed by atoms with Crippen molar-refractivity contribution in [3.05, 3.63) is 12.7 Å².